The van der Waals surface area contributed by atoms with Crippen molar-refractivity contribution in [3.05, 3.63) is 57.9 Å². The van der Waals surface area contributed by atoms with E-state index in [2.05, 4.69) is 16.8 Å². The molecule has 1 aliphatic rings. The van der Waals surface area contributed by atoms with Crippen molar-refractivity contribution in [1.29, 1.82) is 0 Å². The fourth-order valence-corrected chi connectivity index (χ4v) is 1.75. The number of nitro benzene ring substituents is 1. The number of hydrogen-bond acceptors (Lipinski definition) is 5. The van der Waals surface area contributed by atoms with Crippen LogP contribution < -0.4 is 9.47 Å². The highest BCUT2D eigenvalue weighted by Gasteiger charge is 2.22. The zero-order valence-corrected chi connectivity index (χ0v) is 10.2. The lowest BCUT2D eigenvalue weighted by atomic mass is 10.1. The van der Waals surface area contributed by atoms with Gasteiger partial charge in [0.2, 0.25) is 6.79 Å². The highest BCUT2D eigenvalue weighted by atomic mass is 16.7. The number of hydrogen-bond donors (Lipinski definition) is 0. The summed E-state index contributed by atoms with van der Waals surface area (Å²) in [5.74, 6) is 6.36. The highest BCUT2D eigenvalue weighted by Crippen LogP contribution is 2.37. The molecular formula is C14H8N2O4. The van der Waals surface area contributed by atoms with Crippen molar-refractivity contribution in [3.8, 4) is 23.3 Å². The normalized spacial score (nSPS) is 11.6. The Balaban J connectivity index is 2.05. The van der Waals surface area contributed by atoms with Crippen molar-refractivity contribution in [2.45, 2.75) is 0 Å². The number of nitrogens with zero attached hydrogens (tertiary/aromatic N) is 2. The smallest absolute Gasteiger partial charge is 0.288 e. The Bertz CT molecular complexity index is 732. The van der Waals surface area contributed by atoms with Crippen molar-refractivity contribution in [2.75, 3.05) is 6.79 Å². The van der Waals surface area contributed by atoms with Gasteiger partial charge in [-0.1, -0.05) is 12.0 Å². The molecule has 0 saturated heterocycles. The quantitative estimate of drug-likeness (QED) is 0.450. The van der Waals surface area contributed by atoms with E-state index in [9.17, 15) is 10.1 Å². The first-order valence-electron chi connectivity index (χ1n) is 5.75. The third-order valence-corrected chi connectivity index (χ3v) is 2.68. The minimum Gasteiger partial charge on any atom is -0.454 e. The molecule has 0 amide bonds. The van der Waals surface area contributed by atoms with Crippen LogP contribution in [0.3, 0.4) is 0 Å². The number of nitro groups is 1. The molecule has 1 aromatic heterocycles. The molecule has 6 heteroatoms. The first kappa shape index (κ1) is 12.0. The van der Waals surface area contributed by atoms with E-state index < -0.39 is 4.92 Å². The molecule has 0 aliphatic carbocycles. The lowest BCUT2D eigenvalue weighted by Crippen LogP contribution is -1.93. The van der Waals surface area contributed by atoms with E-state index in [0.717, 1.165) is 0 Å². The molecule has 0 spiro atoms. The van der Waals surface area contributed by atoms with E-state index in [1.807, 2.05) is 0 Å². The van der Waals surface area contributed by atoms with Crippen LogP contribution in [0, 0.1) is 22.0 Å². The molecule has 98 valence electrons. The van der Waals surface area contributed by atoms with Gasteiger partial charge in [-0.15, -0.1) is 0 Å². The second kappa shape index (κ2) is 4.90. The number of pyridine rings is 1. The molecule has 0 atom stereocenters. The molecule has 1 aromatic carbocycles. The monoisotopic (exact) mass is 268 g/mol. The van der Waals surface area contributed by atoms with E-state index >= 15 is 0 Å². The van der Waals surface area contributed by atoms with Crippen LogP contribution in [0.4, 0.5) is 5.69 Å². The van der Waals surface area contributed by atoms with Crippen LogP contribution in [0.15, 0.2) is 36.5 Å². The van der Waals surface area contributed by atoms with E-state index in [1.54, 1.807) is 24.4 Å². The number of ether oxygens (including phenoxy) is 2. The zero-order chi connectivity index (χ0) is 13.9. The molecule has 0 fully saturated rings. The molecule has 0 radical (unpaired) electrons. The van der Waals surface area contributed by atoms with Gasteiger partial charge < -0.3 is 9.47 Å². The minimum atomic E-state index is -0.496. The third kappa shape index (κ3) is 2.24. The van der Waals surface area contributed by atoms with Gasteiger partial charge in [0.05, 0.1) is 11.0 Å². The maximum Gasteiger partial charge on any atom is 0.288 e. The molecule has 0 unspecified atom stereocenters. The van der Waals surface area contributed by atoms with Crippen LogP contribution >= 0.6 is 0 Å². The van der Waals surface area contributed by atoms with Crippen molar-refractivity contribution in [1.82, 2.24) is 4.98 Å². The Morgan fingerprint density at radius 3 is 2.70 bits per heavy atom. The fraction of sp³-hybridized carbons (Fsp3) is 0.0714. The summed E-state index contributed by atoms with van der Waals surface area (Å²) < 4.78 is 10.3. The standard InChI is InChI=1S/C14H8N2O4/c17-16(18)12-8-14-13(19-9-20-14)7-10(12)4-5-11-3-1-2-6-15-11/h1-3,6-8H,9H2. The predicted molar refractivity (Wildman–Crippen MR) is 69.4 cm³/mol. The van der Waals surface area contributed by atoms with E-state index in [-0.39, 0.29) is 18.0 Å². The van der Waals surface area contributed by atoms with Gasteiger partial charge in [-0.25, -0.2) is 4.98 Å². The second-order valence-corrected chi connectivity index (χ2v) is 3.94. The number of aromatic nitrogens is 1. The number of benzene rings is 1. The zero-order valence-electron chi connectivity index (χ0n) is 10.2. The Labute approximate surface area is 114 Å². The predicted octanol–water partition coefficient (Wildman–Crippen LogP) is 2.12. The summed E-state index contributed by atoms with van der Waals surface area (Å²) in [6.45, 7) is 0.0591. The Kier molecular flexibility index (Phi) is 2.94. The Hall–Kier alpha value is -3.07. The Morgan fingerprint density at radius 1 is 1.20 bits per heavy atom. The highest BCUT2D eigenvalue weighted by molar-refractivity contribution is 5.61. The van der Waals surface area contributed by atoms with Gasteiger partial charge in [0.1, 0.15) is 11.3 Å². The van der Waals surface area contributed by atoms with Crippen LogP contribution in [0.5, 0.6) is 11.5 Å². The van der Waals surface area contributed by atoms with Crippen molar-refractivity contribution < 1.29 is 14.4 Å². The largest absolute Gasteiger partial charge is 0.454 e. The molecule has 2 aromatic rings. The summed E-state index contributed by atoms with van der Waals surface area (Å²) >= 11 is 0. The van der Waals surface area contributed by atoms with Crippen LogP contribution in [0.25, 0.3) is 0 Å². The molecule has 3 rings (SSSR count). The molecule has 1 aliphatic heterocycles. The maximum atomic E-state index is 11.1. The van der Waals surface area contributed by atoms with Gasteiger partial charge in [-0.05, 0) is 18.1 Å². The van der Waals surface area contributed by atoms with Gasteiger partial charge in [0.15, 0.2) is 11.5 Å². The van der Waals surface area contributed by atoms with E-state index in [0.29, 0.717) is 17.2 Å². The summed E-state index contributed by atoms with van der Waals surface area (Å²) in [5, 5.41) is 11.1. The van der Waals surface area contributed by atoms with Crippen LogP contribution in [-0.4, -0.2) is 16.7 Å². The molecule has 0 bridgehead atoms. The molecular weight excluding hydrogens is 260 g/mol. The van der Waals surface area contributed by atoms with Crippen LogP contribution in [0.1, 0.15) is 11.3 Å². The van der Waals surface area contributed by atoms with Crippen LogP contribution in [0.2, 0.25) is 0 Å². The first-order chi connectivity index (χ1) is 9.74. The van der Waals surface area contributed by atoms with Gasteiger partial charge >= 0.3 is 0 Å². The van der Waals surface area contributed by atoms with Gasteiger partial charge in [-0.3, -0.25) is 10.1 Å². The number of rotatable bonds is 1. The lowest BCUT2D eigenvalue weighted by Gasteiger charge is -1.99. The summed E-state index contributed by atoms with van der Waals surface area (Å²) in [7, 11) is 0. The van der Waals surface area contributed by atoms with E-state index in [1.165, 1.54) is 12.1 Å². The SMILES string of the molecule is O=[N+]([O-])c1cc2c(cc1C#Cc1ccccn1)OCO2. The molecule has 20 heavy (non-hydrogen) atoms. The van der Waals surface area contributed by atoms with Gasteiger partial charge in [0.25, 0.3) is 5.69 Å². The molecule has 6 nitrogen and oxygen atoms in total. The fourth-order valence-electron chi connectivity index (χ4n) is 1.75. The topological polar surface area (TPSA) is 74.5 Å². The molecule has 0 saturated carbocycles. The summed E-state index contributed by atoms with van der Waals surface area (Å²) in [4.78, 5) is 14.6. The van der Waals surface area contributed by atoms with E-state index in [4.69, 9.17) is 9.47 Å². The third-order valence-electron chi connectivity index (χ3n) is 2.68. The molecule has 0 N–H and O–H groups in total. The van der Waals surface area contributed by atoms with Gasteiger partial charge in [-0.2, -0.15) is 0 Å². The maximum absolute atomic E-state index is 11.1. The first-order valence-corrected chi connectivity index (χ1v) is 5.75. The summed E-state index contributed by atoms with van der Waals surface area (Å²) in [5.41, 5.74) is 0.696. The average Bonchev–Trinajstić information content (AvgIpc) is 2.92. The number of fused-ring (bicyclic) bond motifs is 1. The van der Waals surface area contributed by atoms with Gasteiger partial charge in [0, 0.05) is 12.3 Å². The Morgan fingerprint density at radius 2 is 2.00 bits per heavy atom. The molecule has 2 heterocycles. The minimum absolute atomic E-state index is 0.0591. The summed E-state index contributed by atoms with van der Waals surface area (Å²) in [6, 6.07) is 8.13. The lowest BCUT2D eigenvalue weighted by molar-refractivity contribution is -0.385. The second-order valence-electron chi connectivity index (χ2n) is 3.94. The van der Waals surface area contributed by atoms with Crippen molar-refractivity contribution >= 4 is 5.69 Å². The van der Waals surface area contributed by atoms with Crippen LogP contribution in [-0.2, 0) is 0 Å². The summed E-state index contributed by atoms with van der Waals surface area (Å²) in [6.07, 6.45) is 1.61. The average molecular weight is 268 g/mol. The van der Waals surface area contributed by atoms with Crippen molar-refractivity contribution in [3.63, 3.8) is 0 Å². The van der Waals surface area contributed by atoms with Crippen molar-refractivity contribution in [2.24, 2.45) is 0 Å².